The van der Waals surface area contributed by atoms with Crippen LogP contribution in [-0.2, 0) is 17.5 Å². The van der Waals surface area contributed by atoms with Gasteiger partial charge in [-0.25, -0.2) is 4.98 Å². The van der Waals surface area contributed by atoms with E-state index in [-0.39, 0.29) is 40.8 Å². The van der Waals surface area contributed by atoms with E-state index in [1.54, 1.807) is 17.0 Å². The third kappa shape index (κ3) is 4.34. The molecule has 2 aliphatic heterocycles. The molecule has 1 fully saturated rings. The fraction of sp³-hybridized carbons (Fsp3) is 0.269. The van der Waals surface area contributed by atoms with E-state index >= 15 is 0 Å². The molecule has 2 atom stereocenters. The van der Waals surface area contributed by atoms with Crippen LogP contribution in [0.15, 0.2) is 66.9 Å². The molecule has 5 rings (SSSR count). The van der Waals surface area contributed by atoms with Crippen molar-refractivity contribution in [1.82, 2.24) is 14.8 Å². The van der Waals surface area contributed by atoms with Crippen molar-refractivity contribution >= 4 is 23.3 Å². The monoisotopic (exact) mass is 480 g/mol. The number of carbonyl (C=O) groups excluding carboxylic acids is 2. The first-order chi connectivity index (χ1) is 16.7. The van der Waals surface area contributed by atoms with Gasteiger partial charge in [-0.2, -0.15) is 13.2 Å². The number of nitrogens with one attached hydrogen (secondary N) is 1. The molecule has 35 heavy (non-hydrogen) atoms. The quantitative estimate of drug-likeness (QED) is 0.584. The zero-order valence-electron chi connectivity index (χ0n) is 18.9. The number of likely N-dealkylation sites (tertiary alicyclic amines) is 1. The highest BCUT2D eigenvalue weighted by molar-refractivity contribution is 5.99. The molecule has 1 N–H and O–H groups in total. The molecule has 0 bridgehead atoms. The lowest BCUT2D eigenvalue weighted by Gasteiger charge is -2.37. The largest absolute Gasteiger partial charge is 0.416 e. The minimum Gasteiger partial charge on any atom is -0.340 e. The summed E-state index contributed by atoms with van der Waals surface area (Å²) in [5.74, 6) is -0.167. The smallest absolute Gasteiger partial charge is 0.340 e. The van der Waals surface area contributed by atoms with Gasteiger partial charge in [0.05, 0.1) is 17.2 Å². The number of rotatable bonds is 3. The topological polar surface area (TPSA) is 65.5 Å². The predicted molar refractivity (Wildman–Crippen MR) is 124 cm³/mol. The van der Waals surface area contributed by atoms with Gasteiger partial charge in [0, 0.05) is 44.4 Å². The van der Waals surface area contributed by atoms with Crippen molar-refractivity contribution < 1.29 is 22.8 Å². The molecule has 0 radical (unpaired) electrons. The van der Waals surface area contributed by atoms with Gasteiger partial charge < -0.3 is 15.1 Å². The number of nitrogens with zero attached hydrogens (tertiary/aromatic N) is 3. The second-order valence-electron chi connectivity index (χ2n) is 8.83. The van der Waals surface area contributed by atoms with E-state index in [1.807, 2.05) is 29.2 Å². The lowest BCUT2D eigenvalue weighted by Crippen LogP contribution is -2.46. The zero-order chi connectivity index (χ0) is 24.7. The first kappa shape index (κ1) is 22.9. The second-order valence-corrected chi connectivity index (χ2v) is 8.83. The number of halogens is 3. The Morgan fingerprint density at radius 1 is 1.03 bits per heavy atom. The third-order valence-corrected chi connectivity index (χ3v) is 6.67. The molecule has 1 aromatic heterocycles. The summed E-state index contributed by atoms with van der Waals surface area (Å²) in [5.41, 5.74) is 1.86. The Labute approximate surface area is 200 Å². The van der Waals surface area contributed by atoms with E-state index in [0.717, 1.165) is 23.3 Å². The molecule has 3 heterocycles. The van der Waals surface area contributed by atoms with Gasteiger partial charge >= 0.3 is 6.18 Å². The summed E-state index contributed by atoms with van der Waals surface area (Å²) < 4.78 is 39.4. The van der Waals surface area contributed by atoms with Crippen LogP contribution in [-0.4, -0.2) is 45.7 Å². The average molecular weight is 480 g/mol. The number of hydrogen-bond donors (Lipinski definition) is 1. The van der Waals surface area contributed by atoms with Crippen molar-refractivity contribution in [1.29, 1.82) is 0 Å². The Kier molecular flexibility index (Phi) is 5.70. The molecular formula is C26H23F3N4O2. The number of aromatic nitrogens is 1. The lowest BCUT2D eigenvalue weighted by atomic mass is 9.85. The summed E-state index contributed by atoms with van der Waals surface area (Å²) >= 11 is 0. The van der Waals surface area contributed by atoms with E-state index < -0.39 is 11.7 Å². The molecule has 3 aromatic rings. The summed E-state index contributed by atoms with van der Waals surface area (Å²) in [6.45, 7) is 2.84. The van der Waals surface area contributed by atoms with Crippen molar-refractivity contribution in [2.24, 2.45) is 0 Å². The standard InChI is InChI=1S/C26H23F3N4O2/c1-16(34)33-13-17-6-2-3-9-20(17)22-14-32(15-23(22)33)25(35)21-10-5-11-30-24(21)31-19-8-4-7-18(12-19)26(27,28)29/h2-12,22-23H,13-15H2,1H3,(H,30,31)/t22-,23-/m0/s1. The molecule has 0 saturated carbocycles. The van der Waals surface area contributed by atoms with Gasteiger partial charge in [-0.3, -0.25) is 9.59 Å². The fourth-order valence-corrected chi connectivity index (χ4v) is 5.02. The summed E-state index contributed by atoms with van der Waals surface area (Å²) in [6, 6.07) is 15.8. The van der Waals surface area contributed by atoms with Gasteiger partial charge in [-0.15, -0.1) is 0 Å². The zero-order valence-corrected chi connectivity index (χ0v) is 18.9. The lowest BCUT2D eigenvalue weighted by molar-refractivity contribution is -0.137. The highest BCUT2D eigenvalue weighted by atomic mass is 19.4. The van der Waals surface area contributed by atoms with Crippen LogP contribution >= 0.6 is 0 Å². The van der Waals surface area contributed by atoms with Crippen LogP contribution in [0.3, 0.4) is 0 Å². The van der Waals surface area contributed by atoms with Crippen LogP contribution < -0.4 is 5.32 Å². The fourth-order valence-electron chi connectivity index (χ4n) is 5.02. The normalized spacial score (nSPS) is 19.2. The minimum absolute atomic E-state index is 0.00986. The van der Waals surface area contributed by atoms with Crippen LogP contribution in [0.1, 0.15) is 39.9 Å². The molecule has 6 nitrogen and oxygen atoms in total. The van der Waals surface area contributed by atoms with Gasteiger partial charge in [0.2, 0.25) is 5.91 Å². The molecule has 0 spiro atoms. The van der Waals surface area contributed by atoms with E-state index in [4.69, 9.17) is 0 Å². The average Bonchev–Trinajstić information content (AvgIpc) is 3.29. The number of amides is 2. The number of anilines is 2. The SMILES string of the molecule is CC(=O)N1Cc2ccccc2[C@@H]2CN(C(=O)c3cccnc3Nc3cccc(C(F)(F)F)c3)C[C@@H]21. The predicted octanol–water partition coefficient (Wildman–Crippen LogP) is 4.81. The summed E-state index contributed by atoms with van der Waals surface area (Å²) in [6.07, 6.45) is -3.00. The van der Waals surface area contributed by atoms with Crippen LogP contribution in [0.2, 0.25) is 0 Å². The molecule has 0 aliphatic carbocycles. The third-order valence-electron chi connectivity index (χ3n) is 6.67. The molecule has 2 amide bonds. The van der Waals surface area contributed by atoms with Crippen LogP contribution in [0, 0.1) is 0 Å². The Morgan fingerprint density at radius 2 is 1.83 bits per heavy atom. The van der Waals surface area contributed by atoms with Gasteiger partial charge in [-0.05, 0) is 41.5 Å². The highest BCUT2D eigenvalue weighted by Gasteiger charge is 2.44. The maximum atomic E-state index is 13.6. The molecule has 9 heteroatoms. The van der Waals surface area contributed by atoms with Crippen LogP contribution in [0.25, 0.3) is 0 Å². The molecule has 1 saturated heterocycles. The van der Waals surface area contributed by atoms with Gasteiger partial charge in [0.1, 0.15) is 5.82 Å². The van der Waals surface area contributed by atoms with Crippen LogP contribution in [0.5, 0.6) is 0 Å². The highest BCUT2D eigenvalue weighted by Crippen LogP contribution is 2.39. The summed E-state index contributed by atoms with van der Waals surface area (Å²) in [7, 11) is 0. The van der Waals surface area contributed by atoms with E-state index in [1.165, 1.54) is 25.3 Å². The van der Waals surface area contributed by atoms with E-state index in [2.05, 4.69) is 10.3 Å². The minimum atomic E-state index is -4.48. The first-order valence-corrected chi connectivity index (χ1v) is 11.3. The van der Waals surface area contributed by atoms with Crippen molar-refractivity contribution in [2.45, 2.75) is 31.6 Å². The number of pyridine rings is 1. The van der Waals surface area contributed by atoms with Crippen molar-refractivity contribution in [3.8, 4) is 0 Å². The van der Waals surface area contributed by atoms with Gasteiger partial charge in [-0.1, -0.05) is 30.3 Å². The van der Waals surface area contributed by atoms with E-state index in [0.29, 0.717) is 19.6 Å². The van der Waals surface area contributed by atoms with Crippen molar-refractivity contribution in [2.75, 3.05) is 18.4 Å². The number of benzene rings is 2. The maximum absolute atomic E-state index is 13.6. The van der Waals surface area contributed by atoms with Crippen molar-refractivity contribution in [3.63, 3.8) is 0 Å². The number of alkyl halides is 3. The van der Waals surface area contributed by atoms with E-state index in [9.17, 15) is 22.8 Å². The maximum Gasteiger partial charge on any atom is 0.416 e. The first-order valence-electron chi connectivity index (χ1n) is 11.3. The van der Waals surface area contributed by atoms with Gasteiger partial charge in [0.25, 0.3) is 5.91 Å². The molecule has 2 aliphatic rings. The Morgan fingerprint density at radius 3 is 2.60 bits per heavy atom. The summed E-state index contributed by atoms with van der Waals surface area (Å²) in [4.78, 5) is 33.7. The molecule has 180 valence electrons. The summed E-state index contributed by atoms with van der Waals surface area (Å²) in [5, 5.41) is 2.87. The second kappa shape index (κ2) is 8.72. The van der Waals surface area contributed by atoms with Crippen molar-refractivity contribution in [3.05, 3.63) is 89.1 Å². The Balaban J connectivity index is 1.42. The number of hydrogen-bond acceptors (Lipinski definition) is 4. The Hall–Kier alpha value is -3.88. The number of fused-ring (bicyclic) bond motifs is 3. The van der Waals surface area contributed by atoms with Crippen LogP contribution in [0.4, 0.5) is 24.7 Å². The number of carbonyl (C=O) groups is 2. The van der Waals surface area contributed by atoms with Gasteiger partial charge in [0.15, 0.2) is 0 Å². The molecular weight excluding hydrogens is 457 g/mol. The molecule has 2 aromatic carbocycles. The Bertz CT molecular complexity index is 1290. The molecule has 0 unspecified atom stereocenters.